The van der Waals surface area contributed by atoms with Gasteiger partial charge in [0.05, 0.1) is 12.2 Å². The van der Waals surface area contributed by atoms with E-state index >= 15 is 0 Å². The molecule has 1 saturated carbocycles. The number of aromatic nitrogens is 3. The van der Waals surface area contributed by atoms with Crippen molar-refractivity contribution < 1.29 is 0 Å². The maximum Gasteiger partial charge on any atom is 0.186 e. The van der Waals surface area contributed by atoms with E-state index in [4.69, 9.17) is 5.26 Å². The molecule has 0 aromatic carbocycles. The largest absolute Gasteiger partial charge is 0.244 e. The number of nitriles is 1. The second-order valence-electron chi connectivity index (χ2n) is 4.18. The predicted octanol–water partition coefficient (Wildman–Crippen LogP) is 1.99. The van der Waals surface area contributed by atoms with Crippen molar-refractivity contribution in [3.05, 3.63) is 23.5 Å². The molecule has 0 amide bonds. The fourth-order valence-electron chi connectivity index (χ4n) is 1.86. The lowest BCUT2D eigenvalue weighted by atomic mass is 9.82. The van der Waals surface area contributed by atoms with Gasteiger partial charge in [-0.3, -0.25) is 0 Å². The summed E-state index contributed by atoms with van der Waals surface area (Å²) in [4.78, 5) is 0. The number of nitrogens with zero attached hydrogens (tertiary/aromatic N) is 4. The Morgan fingerprint density at radius 2 is 2.40 bits per heavy atom. The summed E-state index contributed by atoms with van der Waals surface area (Å²) in [5.41, 5.74) is 2.53. The first-order valence-electron chi connectivity index (χ1n) is 5.20. The van der Waals surface area contributed by atoms with Gasteiger partial charge in [0.15, 0.2) is 5.69 Å². The Morgan fingerprint density at radius 3 is 2.87 bits per heavy atom. The van der Waals surface area contributed by atoms with Crippen LogP contribution in [-0.2, 0) is 6.54 Å². The maximum absolute atomic E-state index is 8.95. The van der Waals surface area contributed by atoms with E-state index in [2.05, 4.69) is 23.0 Å². The quantitative estimate of drug-likeness (QED) is 0.704. The fourth-order valence-corrected chi connectivity index (χ4v) is 1.86. The van der Waals surface area contributed by atoms with Gasteiger partial charge in [0, 0.05) is 5.92 Å². The molecule has 15 heavy (non-hydrogen) atoms. The van der Waals surface area contributed by atoms with Crippen LogP contribution in [0.2, 0.25) is 0 Å². The summed E-state index contributed by atoms with van der Waals surface area (Å²) >= 11 is 0. The normalized spacial score (nSPS) is 15.7. The lowest BCUT2D eigenvalue weighted by molar-refractivity contribution is 0.391. The van der Waals surface area contributed by atoms with Crippen molar-refractivity contribution in [3.8, 4) is 6.07 Å². The smallest absolute Gasteiger partial charge is 0.186 e. The van der Waals surface area contributed by atoms with Crippen molar-refractivity contribution in [2.45, 2.75) is 38.6 Å². The number of hydrogen-bond donors (Lipinski definition) is 0. The van der Waals surface area contributed by atoms with Crippen LogP contribution in [0.4, 0.5) is 0 Å². The first-order valence-corrected chi connectivity index (χ1v) is 5.20. The summed E-state index contributed by atoms with van der Waals surface area (Å²) in [5, 5.41) is 16.9. The van der Waals surface area contributed by atoms with E-state index in [1.54, 1.807) is 0 Å². The molecule has 4 nitrogen and oxygen atoms in total. The Morgan fingerprint density at radius 1 is 1.67 bits per heavy atom. The Kier molecular flexibility index (Phi) is 2.55. The molecule has 1 aromatic heterocycles. The van der Waals surface area contributed by atoms with Gasteiger partial charge in [0.1, 0.15) is 6.07 Å². The summed E-state index contributed by atoms with van der Waals surface area (Å²) in [6, 6.07) is 2.11. The summed E-state index contributed by atoms with van der Waals surface area (Å²) in [6.45, 7) is 6.48. The van der Waals surface area contributed by atoms with Gasteiger partial charge in [-0.25, -0.2) is 4.68 Å². The summed E-state index contributed by atoms with van der Waals surface area (Å²) in [6.07, 6.45) is 3.55. The Hall–Kier alpha value is -1.63. The summed E-state index contributed by atoms with van der Waals surface area (Å²) < 4.78 is 1.82. The van der Waals surface area contributed by atoms with Crippen molar-refractivity contribution >= 4 is 0 Å². The lowest BCUT2D eigenvalue weighted by Crippen LogP contribution is -2.16. The average Bonchev–Trinajstić information content (AvgIpc) is 2.45. The maximum atomic E-state index is 8.95. The highest BCUT2D eigenvalue weighted by Gasteiger charge is 2.27. The molecule has 0 bridgehead atoms. The van der Waals surface area contributed by atoms with E-state index in [1.165, 1.54) is 6.42 Å². The van der Waals surface area contributed by atoms with Crippen LogP contribution in [0, 0.1) is 11.3 Å². The fraction of sp³-hybridized carbons (Fsp3) is 0.545. The molecule has 1 heterocycles. The molecule has 78 valence electrons. The topological polar surface area (TPSA) is 54.5 Å². The van der Waals surface area contributed by atoms with Crippen LogP contribution < -0.4 is 0 Å². The van der Waals surface area contributed by atoms with Crippen LogP contribution in [0.15, 0.2) is 12.2 Å². The molecule has 0 radical (unpaired) electrons. The van der Waals surface area contributed by atoms with Crippen LogP contribution in [0.3, 0.4) is 0 Å². The molecule has 1 fully saturated rings. The summed E-state index contributed by atoms with van der Waals surface area (Å²) in [5.74, 6) is 0.481. The first-order chi connectivity index (χ1) is 7.22. The molecule has 0 unspecified atom stereocenters. The van der Waals surface area contributed by atoms with Gasteiger partial charge < -0.3 is 0 Å². The average molecular weight is 202 g/mol. The monoisotopic (exact) mass is 202 g/mol. The van der Waals surface area contributed by atoms with Crippen LogP contribution in [0.25, 0.3) is 0 Å². The van der Waals surface area contributed by atoms with Crippen LogP contribution in [0.5, 0.6) is 0 Å². The van der Waals surface area contributed by atoms with Crippen LogP contribution >= 0.6 is 0 Å². The standard InChI is InChI=1S/C11H14N4/c1-8(2)7-15-11(9-4-3-5-9)10(6-12)13-14-15/h9H,1,3-5,7H2,2H3. The van der Waals surface area contributed by atoms with Crippen molar-refractivity contribution in [1.29, 1.82) is 5.26 Å². The van der Waals surface area contributed by atoms with Gasteiger partial charge in [0.25, 0.3) is 0 Å². The molecular formula is C11H14N4. The highest BCUT2D eigenvalue weighted by Crippen LogP contribution is 2.37. The molecular weight excluding hydrogens is 188 g/mol. The zero-order valence-corrected chi connectivity index (χ0v) is 8.90. The van der Waals surface area contributed by atoms with E-state index in [0.29, 0.717) is 18.2 Å². The Balaban J connectivity index is 2.33. The van der Waals surface area contributed by atoms with Crippen molar-refractivity contribution in [2.75, 3.05) is 0 Å². The minimum Gasteiger partial charge on any atom is -0.244 e. The molecule has 1 aliphatic rings. The molecule has 0 saturated heterocycles. The van der Waals surface area contributed by atoms with E-state index in [0.717, 1.165) is 24.1 Å². The Bertz CT molecular complexity index is 420. The molecule has 1 aromatic rings. The molecule has 0 N–H and O–H groups in total. The zero-order chi connectivity index (χ0) is 10.8. The van der Waals surface area contributed by atoms with Gasteiger partial charge in [0.2, 0.25) is 0 Å². The zero-order valence-electron chi connectivity index (χ0n) is 8.90. The number of allylic oxidation sites excluding steroid dienone is 1. The first kappa shape index (κ1) is 9.91. The van der Waals surface area contributed by atoms with E-state index < -0.39 is 0 Å². The van der Waals surface area contributed by atoms with Crippen molar-refractivity contribution in [3.63, 3.8) is 0 Å². The Labute approximate surface area is 89.2 Å². The highest BCUT2D eigenvalue weighted by atomic mass is 15.4. The van der Waals surface area contributed by atoms with E-state index in [1.807, 2.05) is 11.6 Å². The predicted molar refractivity (Wildman–Crippen MR) is 56.1 cm³/mol. The molecule has 4 heteroatoms. The van der Waals surface area contributed by atoms with E-state index in [-0.39, 0.29) is 0 Å². The molecule has 2 rings (SSSR count). The van der Waals surface area contributed by atoms with Gasteiger partial charge >= 0.3 is 0 Å². The van der Waals surface area contributed by atoms with Gasteiger partial charge in [-0.15, -0.1) is 5.10 Å². The second kappa shape index (κ2) is 3.85. The molecule has 1 aliphatic carbocycles. The summed E-state index contributed by atoms with van der Waals surface area (Å²) in [7, 11) is 0. The third-order valence-corrected chi connectivity index (χ3v) is 2.79. The van der Waals surface area contributed by atoms with E-state index in [9.17, 15) is 0 Å². The molecule has 0 atom stereocenters. The van der Waals surface area contributed by atoms with Gasteiger partial charge in [-0.1, -0.05) is 23.8 Å². The number of hydrogen-bond acceptors (Lipinski definition) is 3. The van der Waals surface area contributed by atoms with Crippen LogP contribution in [0.1, 0.15) is 43.5 Å². The minimum atomic E-state index is 0.481. The third kappa shape index (κ3) is 1.78. The molecule has 0 spiro atoms. The lowest BCUT2D eigenvalue weighted by Gasteiger charge is -2.25. The highest BCUT2D eigenvalue weighted by molar-refractivity contribution is 5.29. The third-order valence-electron chi connectivity index (χ3n) is 2.79. The van der Waals surface area contributed by atoms with Gasteiger partial charge in [-0.2, -0.15) is 5.26 Å². The second-order valence-corrected chi connectivity index (χ2v) is 4.18. The van der Waals surface area contributed by atoms with Gasteiger partial charge in [-0.05, 0) is 19.8 Å². The van der Waals surface area contributed by atoms with Crippen LogP contribution in [-0.4, -0.2) is 15.0 Å². The number of rotatable bonds is 3. The molecule has 0 aliphatic heterocycles. The van der Waals surface area contributed by atoms with Crippen molar-refractivity contribution in [1.82, 2.24) is 15.0 Å². The SMILES string of the molecule is C=C(C)Cn1nnc(C#N)c1C1CCC1. The van der Waals surface area contributed by atoms with Crippen molar-refractivity contribution in [2.24, 2.45) is 0 Å². The minimum absolute atomic E-state index is 0.481.